The van der Waals surface area contributed by atoms with E-state index in [4.69, 9.17) is 21.7 Å². The van der Waals surface area contributed by atoms with Crippen molar-refractivity contribution in [3.8, 4) is 0 Å². The molecule has 2 heterocycles. The smallest absolute Gasteiger partial charge is 0.351 e. The molecule has 2 aromatic rings. The van der Waals surface area contributed by atoms with Crippen molar-refractivity contribution in [2.75, 3.05) is 25.1 Å². The van der Waals surface area contributed by atoms with Gasteiger partial charge in [-0.15, -0.1) is 0 Å². The second-order valence-electron chi connectivity index (χ2n) is 10.2. The first-order chi connectivity index (χ1) is 19.1. The zero-order valence-electron chi connectivity index (χ0n) is 24.1. The van der Waals surface area contributed by atoms with Gasteiger partial charge in [-0.05, 0) is 37.8 Å². The van der Waals surface area contributed by atoms with Crippen LogP contribution in [0.25, 0.3) is 4.85 Å². The number of hydrogen-bond acceptors (Lipinski definition) is 7. The number of rotatable bonds is 12. The summed E-state index contributed by atoms with van der Waals surface area (Å²) in [5.74, 6) is -0.429. The van der Waals surface area contributed by atoms with Gasteiger partial charge in [0.05, 0.1) is 12.7 Å². The van der Waals surface area contributed by atoms with Gasteiger partial charge in [-0.25, -0.2) is 11.4 Å². The Morgan fingerprint density at radius 3 is 2.59 bits per heavy atom. The number of nitrogens with zero attached hydrogens (tertiary/aromatic N) is 3. The molecule has 0 bridgehead atoms. The average molecular weight is 560 g/mol. The number of nitrogens with one attached hydrogen (secondary N) is 1. The van der Waals surface area contributed by atoms with E-state index in [1.54, 1.807) is 43.5 Å². The van der Waals surface area contributed by atoms with Crippen LogP contribution < -0.4 is 11.0 Å². The highest BCUT2D eigenvalue weighted by Crippen LogP contribution is 2.54. The van der Waals surface area contributed by atoms with Crippen LogP contribution in [0.1, 0.15) is 58.1 Å². The molecule has 11 heteroatoms. The van der Waals surface area contributed by atoms with Crippen LogP contribution in [-0.2, 0) is 13.8 Å². The maximum absolute atomic E-state index is 13.3. The Kier molecular flexibility index (Phi) is 10.6. The molecule has 1 aliphatic heterocycles. The fourth-order valence-corrected chi connectivity index (χ4v) is 6.85. The second-order valence-corrected chi connectivity index (χ2v) is 11.9. The molecule has 3 unspecified atom stereocenters. The molecular weight excluding hydrogens is 519 g/mol. The van der Waals surface area contributed by atoms with Gasteiger partial charge in [-0.1, -0.05) is 45.9 Å². The Hall–Kier alpha value is -2.67. The molecule has 1 fully saturated rings. The summed E-state index contributed by atoms with van der Waals surface area (Å²) in [5, 5.41) is 13.0. The molecule has 0 radical (unpaired) electrons. The van der Waals surface area contributed by atoms with Crippen LogP contribution in [0.2, 0.25) is 0 Å². The van der Waals surface area contributed by atoms with E-state index in [1.807, 2.05) is 0 Å². The molecule has 2 N–H and O–H groups in total. The molecule has 39 heavy (non-hydrogen) atoms. The molecular formula is C28H39N4O6P. The number of aryl methyl sites for hydroxylation is 1. The number of aliphatic hydroxyl groups excluding tert-OH is 1. The molecule has 1 saturated heterocycles. The van der Waals surface area contributed by atoms with Crippen molar-refractivity contribution in [2.24, 2.45) is 17.8 Å². The minimum atomic E-state index is -1.55. The van der Waals surface area contributed by atoms with Crippen LogP contribution in [0.15, 0.2) is 41.3 Å². The van der Waals surface area contributed by atoms with E-state index in [9.17, 15) is 14.7 Å². The average Bonchev–Trinajstić information content (AvgIpc) is 3.27. The Morgan fingerprint density at radius 1 is 1.31 bits per heavy atom. The van der Waals surface area contributed by atoms with Gasteiger partial charge in [0.15, 0.2) is 14.6 Å². The first kappa shape index (κ1) is 29.3. The summed E-state index contributed by atoms with van der Waals surface area (Å²) in [7, 11) is -1.55. The first-order valence-corrected chi connectivity index (χ1v) is 14.3. The summed E-state index contributed by atoms with van der Waals surface area (Å²) in [6.07, 6.45) is -0.911. The van der Waals surface area contributed by atoms with Gasteiger partial charge < -0.3 is 29.1 Å². The summed E-state index contributed by atoms with van der Waals surface area (Å²) in [6.45, 7) is 17.1. The van der Waals surface area contributed by atoms with Crippen LogP contribution in [0.3, 0.4) is 0 Å². The lowest BCUT2D eigenvalue weighted by Gasteiger charge is -2.35. The SMILES string of the molecule is [2H]C[C@H]1O[C@@H](n2cc(C)c(NC(=O)c3ccccc3)nc2=O)C(OP(OCC[N+]#[C-])C(C(C)C)C(C)C)C1CO. The number of benzene rings is 1. The number of ether oxygens (including phenoxy) is 1. The molecule has 212 valence electrons. The molecule has 1 amide bonds. The number of amides is 1. The van der Waals surface area contributed by atoms with Gasteiger partial charge in [0, 0.05) is 30.3 Å². The van der Waals surface area contributed by atoms with Crippen LogP contribution in [0.5, 0.6) is 0 Å². The number of hydrogen-bond donors (Lipinski definition) is 2. The van der Waals surface area contributed by atoms with Gasteiger partial charge in [-0.3, -0.25) is 9.36 Å². The summed E-state index contributed by atoms with van der Waals surface area (Å²) >= 11 is 0. The van der Waals surface area contributed by atoms with E-state index in [0.717, 1.165) is 0 Å². The number of aromatic nitrogens is 2. The lowest BCUT2D eigenvalue weighted by Crippen LogP contribution is -2.37. The van der Waals surface area contributed by atoms with Crippen molar-refractivity contribution in [1.29, 1.82) is 0 Å². The minimum Gasteiger partial charge on any atom is -0.396 e. The molecule has 0 aliphatic carbocycles. The number of anilines is 1. The molecule has 0 spiro atoms. The lowest BCUT2D eigenvalue weighted by molar-refractivity contribution is -0.0290. The highest BCUT2D eigenvalue weighted by Gasteiger charge is 2.47. The van der Waals surface area contributed by atoms with Crippen molar-refractivity contribution >= 4 is 20.1 Å². The minimum absolute atomic E-state index is 0.0166. The highest BCUT2D eigenvalue weighted by atomic mass is 31.2. The van der Waals surface area contributed by atoms with Crippen molar-refractivity contribution in [3.05, 3.63) is 69.6 Å². The van der Waals surface area contributed by atoms with E-state index < -0.39 is 44.3 Å². The largest absolute Gasteiger partial charge is 0.396 e. The molecule has 0 saturated carbocycles. The van der Waals surface area contributed by atoms with Crippen molar-refractivity contribution in [2.45, 2.75) is 65.6 Å². The fourth-order valence-electron chi connectivity index (χ4n) is 4.74. The topological polar surface area (TPSA) is 116 Å². The third kappa shape index (κ3) is 7.50. The highest BCUT2D eigenvalue weighted by molar-refractivity contribution is 7.48. The first-order valence-electron chi connectivity index (χ1n) is 13.8. The van der Waals surface area contributed by atoms with E-state index >= 15 is 0 Å². The third-order valence-electron chi connectivity index (χ3n) is 6.64. The quantitative estimate of drug-likeness (QED) is 0.221. The second kappa shape index (κ2) is 14.1. The van der Waals surface area contributed by atoms with Crippen molar-refractivity contribution in [3.63, 3.8) is 0 Å². The van der Waals surface area contributed by atoms with Crippen molar-refractivity contribution < 1.29 is 25.1 Å². The van der Waals surface area contributed by atoms with Gasteiger partial charge >= 0.3 is 5.69 Å². The molecule has 1 aromatic heterocycles. The van der Waals surface area contributed by atoms with Crippen LogP contribution in [-0.4, -0.2) is 58.2 Å². The molecule has 5 atom stereocenters. The maximum atomic E-state index is 13.3. The third-order valence-corrected chi connectivity index (χ3v) is 9.21. The summed E-state index contributed by atoms with van der Waals surface area (Å²) in [5.41, 5.74) is 0.306. The fraction of sp³-hybridized carbons (Fsp3) is 0.571. The molecule has 10 nitrogen and oxygen atoms in total. The van der Waals surface area contributed by atoms with Crippen molar-refractivity contribution in [1.82, 2.24) is 9.55 Å². The Labute approximate surface area is 232 Å². The van der Waals surface area contributed by atoms with Gasteiger partial charge in [0.1, 0.15) is 18.5 Å². The monoisotopic (exact) mass is 559 g/mol. The van der Waals surface area contributed by atoms with Gasteiger partial charge in [0.25, 0.3) is 5.91 Å². The normalized spacial score (nSPS) is 22.2. The predicted octanol–water partition coefficient (Wildman–Crippen LogP) is 4.64. The molecule has 1 aliphatic rings. The van der Waals surface area contributed by atoms with E-state index in [2.05, 4.69) is 42.8 Å². The number of carbonyl (C=O) groups excluding carboxylic acids is 1. The summed E-state index contributed by atoms with van der Waals surface area (Å²) in [6, 6.07) is 8.62. The molecule has 1 aromatic carbocycles. The van der Waals surface area contributed by atoms with Crippen LogP contribution in [0, 0.1) is 31.2 Å². The Morgan fingerprint density at radius 2 is 2.00 bits per heavy atom. The molecule has 3 rings (SSSR count). The maximum Gasteiger partial charge on any atom is 0.351 e. The van der Waals surface area contributed by atoms with E-state index in [-0.39, 0.29) is 50.0 Å². The Balaban J connectivity index is 1.96. The summed E-state index contributed by atoms with van der Waals surface area (Å²) < 4.78 is 28.2. The standard InChI is InChI=1S/C28H39N4O6P/c1-17(2)24(18(3)4)39(36-14-13-29-7)38-23-22(16-33)20(6)37-27(23)32-15-19(5)25(31-28(32)35)30-26(34)21-11-9-8-10-12-21/h8-12,15,17-18,20,22-24,27,33H,13-14,16H2,1-6H3,(H,30,31,34,35)/t20-,22?,23?,27-,39?/m1/s1/i6D. The zero-order valence-corrected chi connectivity index (χ0v) is 24.0. The van der Waals surface area contributed by atoms with E-state index in [1.165, 1.54) is 4.57 Å². The summed E-state index contributed by atoms with van der Waals surface area (Å²) in [4.78, 5) is 33.4. The zero-order chi connectivity index (χ0) is 29.4. The lowest BCUT2D eigenvalue weighted by atomic mass is 10.00. The number of carbonyl (C=O) groups is 1. The van der Waals surface area contributed by atoms with Gasteiger partial charge in [0.2, 0.25) is 6.54 Å². The van der Waals surface area contributed by atoms with Gasteiger partial charge in [-0.2, -0.15) is 4.98 Å². The van der Waals surface area contributed by atoms with Crippen LogP contribution >= 0.6 is 8.38 Å². The Bertz CT molecular complexity index is 1210. The van der Waals surface area contributed by atoms with Crippen LogP contribution in [0.4, 0.5) is 5.82 Å². The number of aliphatic hydroxyl groups is 1. The predicted molar refractivity (Wildman–Crippen MR) is 150 cm³/mol. The van der Waals surface area contributed by atoms with E-state index in [0.29, 0.717) is 11.1 Å².